The zero-order chi connectivity index (χ0) is 30.8. The highest BCUT2D eigenvalue weighted by molar-refractivity contribution is 7.17. The van der Waals surface area contributed by atoms with E-state index in [9.17, 15) is 19.2 Å². The van der Waals surface area contributed by atoms with E-state index in [1.165, 1.54) is 0 Å². The number of nitrogens with zero attached hydrogens (tertiary/aromatic N) is 3. The third kappa shape index (κ3) is 6.03. The minimum Gasteiger partial charge on any atom is -0.350 e. The van der Waals surface area contributed by atoms with Gasteiger partial charge < -0.3 is 20.5 Å². The summed E-state index contributed by atoms with van der Waals surface area (Å²) in [6, 6.07) is 8.82. The zero-order valence-corrected chi connectivity index (χ0v) is 25.7. The topological polar surface area (TPSA) is 151 Å². The quantitative estimate of drug-likeness (QED) is 0.215. The molecule has 0 bridgehead atoms. The first-order chi connectivity index (χ1) is 21.3. The fourth-order valence-corrected chi connectivity index (χ4v) is 7.47. The maximum Gasteiger partial charge on any atom is 0.243 e. The summed E-state index contributed by atoms with van der Waals surface area (Å²) < 4.78 is 3.12. The SMILES string of the molecule is CC[C@H](C)[C@H](NC(=O)Cc1csc2ccccc12)C(=O)N[C@H]1CCc2ccn3c2C1C(=O)C[C@H](C(=O)NCc1c[nH]nn1)C3. The van der Waals surface area contributed by atoms with E-state index in [0.29, 0.717) is 31.5 Å². The average Bonchev–Trinajstić information content (AvgIpc) is 3.77. The number of rotatable bonds is 10. The van der Waals surface area contributed by atoms with Gasteiger partial charge in [0.2, 0.25) is 17.7 Å². The lowest BCUT2D eigenvalue weighted by Gasteiger charge is -2.34. The van der Waals surface area contributed by atoms with Crippen molar-refractivity contribution < 1.29 is 19.2 Å². The molecule has 4 heterocycles. The molecule has 0 saturated carbocycles. The smallest absolute Gasteiger partial charge is 0.243 e. The number of carbonyl (C=O) groups is 4. The molecule has 5 atom stereocenters. The molecule has 12 heteroatoms. The Labute approximate surface area is 259 Å². The maximum absolute atomic E-state index is 13.8. The number of amides is 3. The number of aromatic amines is 1. The number of hydrogen-bond donors (Lipinski definition) is 4. The van der Waals surface area contributed by atoms with Crippen LogP contribution >= 0.6 is 11.3 Å². The van der Waals surface area contributed by atoms with E-state index in [2.05, 4.69) is 31.4 Å². The van der Waals surface area contributed by atoms with E-state index in [4.69, 9.17) is 0 Å². The lowest BCUT2D eigenvalue weighted by Crippen LogP contribution is -2.55. The fraction of sp³-hybridized carbons (Fsp3) is 0.438. The molecule has 230 valence electrons. The largest absolute Gasteiger partial charge is 0.350 e. The van der Waals surface area contributed by atoms with Crippen molar-refractivity contribution in [1.82, 2.24) is 35.9 Å². The second kappa shape index (κ2) is 12.7. The first-order valence-corrected chi connectivity index (χ1v) is 16.1. The monoisotopic (exact) mass is 615 g/mol. The zero-order valence-electron chi connectivity index (χ0n) is 24.8. The summed E-state index contributed by atoms with van der Waals surface area (Å²) in [6.07, 6.45) is 5.82. The van der Waals surface area contributed by atoms with Gasteiger partial charge in [0.25, 0.3) is 0 Å². The molecule has 4 aromatic rings. The molecule has 3 amide bonds. The second-order valence-electron chi connectivity index (χ2n) is 11.9. The summed E-state index contributed by atoms with van der Waals surface area (Å²) >= 11 is 1.60. The van der Waals surface area contributed by atoms with Crippen LogP contribution in [0.2, 0.25) is 0 Å². The first-order valence-electron chi connectivity index (χ1n) is 15.2. The third-order valence-electron chi connectivity index (χ3n) is 9.06. The molecule has 0 radical (unpaired) electrons. The Kier molecular flexibility index (Phi) is 8.60. The maximum atomic E-state index is 13.8. The highest BCUT2D eigenvalue weighted by atomic mass is 32.1. The van der Waals surface area contributed by atoms with Crippen molar-refractivity contribution in [2.24, 2.45) is 11.8 Å². The Balaban J connectivity index is 1.16. The molecule has 6 rings (SSSR count). The van der Waals surface area contributed by atoms with Crippen LogP contribution in [0.4, 0.5) is 0 Å². The van der Waals surface area contributed by atoms with E-state index in [-0.39, 0.29) is 48.8 Å². The van der Waals surface area contributed by atoms with Gasteiger partial charge in [0.15, 0.2) is 0 Å². The van der Waals surface area contributed by atoms with Crippen LogP contribution in [0.25, 0.3) is 10.1 Å². The van der Waals surface area contributed by atoms with Gasteiger partial charge in [-0.3, -0.25) is 24.3 Å². The van der Waals surface area contributed by atoms with Crippen LogP contribution in [0.1, 0.15) is 61.5 Å². The molecule has 1 aliphatic carbocycles. The van der Waals surface area contributed by atoms with Crippen molar-refractivity contribution in [1.29, 1.82) is 0 Å². The highest BCUT2D eigenvalue weighted by Crippen LogP contribution is 2.38. The normalized spacial score (nSPS) is 20.8. The van der Waals surface area contributed by atoms with Crippen molar-refractivity contribution in [2.75, 3.05) is 0 Å². The number of fused-ring (bicyclic) bond motifs is 1. The van der Waals surface area contributed by atoms with Gasteiger partial charge in [0.1, 0.15) is 17.5 Å². The number of hydrogen-bond acceptors (Lipinski definition) is 7. The predicted octanol–water partition coefficient (Wildman–Crippen LogP) is 3.01. The summed E-state index contributed by atoms with van der Waals surface area (Å²) in [5.74, 6) is -1.99. The van der Waals surface area contributed by atoms with Gasteiger partial charge in [-0.05, 0) is 52.8 Å². The molecule has 4 N–H and O–H groups in total. The molecule has 2 aliphatic rings. The lowest BCUT2D eigenvalue weighted by atomic mass is 9.79. The summed E-state index contributed by atoms with van der Waals surface area (Å²) in [6.45, 7) is 4.54. The van der Waals surface area contributed by atoms with E-state index in [1.54, 1.807) is 17.5 Å². The molecule has 3 aromatic heterocycles. The van der Waals surface area contributed by atoms with Crippen molar-refractivity contribution in [3.63, 3.8) is 0 Å². The van der Waals surface area contributed by atoms with Crippen molar-refractivity contribution in [3.05, 3.63) is 70.6 Å². The van der Waals surface area contributed by atoms with Crippen LogP contribution < -0.4 is 16.0 Å². The molecule has 1 aliphatic heterocycles. The Hall–Kier alpha value is -4.32. The summed E-state index contributed by atoms with van der Waals surface area (Å²) in [5, 5.41) is 22.3. The van der Waals surface area contributed by atoms with Gasteiger partial charge in [-0.1, -0.05) is 43.7 Å². The molecule has 44 heavy (non-hydrogen) atoms. The van der Waals surface area contributed by atoms with E-state index in [0.717, 1.165) is 26.9 Å². The first kappa shape index (κ1) is 29.7. The van der Waals surface area contributed by atoms with Gasteiger partial charge in [0, 0.05) is 41.8 Å². The average molecular weight is 616 g/mol. The molecule has 1 aromatic carbocycles. The standard InChI is InChI=1S/C32H37N7O4S/c1-3-18(2)29(36-27(41)13-21-17-44-26-7-5-4-6-23(21)26)32(43)35-24-9-8-19-10-11-39-16-20(12-25(40)28(24)30(19)39)31(42)33-14-22-15-34-38-37-22/h4-7,10-11,15,17-18,20,24,28-29H,3,8-9,12-14,16H2,1-2H3,(H,33,42)(H,35,43)(H,36,41)(H,34,37,38)/t18-,20-,24-,28?,29-/m0/s1. The number of ketones is 1. The number of carbonyl (C=O) groups excluding carboxylic acids is 4. The molecule has 0 spiro atoms. The van der Waals surface area contributed by atoms with Crippen LogP contribution in [-0.2, 0) is 45.1 Å². The van der Waals surface area contributed by atoms with Gasteiger partial charge in [-0.15, -0.1) is 16.4 Å². The number of H-pyrrole nitrogens is 1. The molecular weight excluding hydrogens is 578 g/mol. The summed E-state index contributed by atoms with van der Waals surface area (Å²) in [4.78, 5) is 54.0. The number of benzene rings is 1. The highest BCUT2D eigenvalue weighted by Gasteiger charge is 2.43. The number of thiophene rings is 1. The van der Waals surface area contributed by atoms with Gasteiger partial charge in [-0.25, -0.2) is 0 Å². The Bertz CT molecular complexity index is 1680. The molecule has 11 nitrogen and oxygen atoms in total. The van der Waals surface area contributed by atoms with Crippen molar-refractivity contribution in [3.8, 4) is 0 Å². The molecule has 0 fully saturated rings. The van der Waals surface area contributed by atoms with Crippen LogP contribution in [0, 0.1) is 11.8 Å². The van der Waals surface area contributed by atoms with Gasteiger partial charge >= 0.3 is 0 Å². The lowest BCUT2D eigenvalue weighted by molar-refractivity contribution is -0.132. The van der Waals surface area contributed by atoms with E-state index in [1.807, 2.05) is 60.3 Å². The van der Waals surface area contributed by atoms with Crippen molar-refractivity contribution >= 4 is 44.9 Å². The molecular formula is C32H37N7O4S. The number of nitrogens with one attached hydrogen (secondary N) is 4. The van der Waals surface area contributed by atoms with Crippen LogP contribution in [0.15, 0.2) is 48.1 Å². The van der Waals surface area contributed by atoms with Crippen LogP contribution in [0.5, 0.6) is 0 Å². The van der Waals surface area contributed by atoms with Gasteiger partial charge in [-0.2, -0.15) is 0 Å². The van der Waals surface area contributed by atoms with Gasteiger partial charge in [0.05, 0.1) is 24.8 Å². The molecule has 0 saturated heterocycles. The molecule has 1 unspecified atom stereocenters. The number of aromatic nitrogens is 4. The number of Topliss-reactive ketones (excluding diaryl/α,β-unsaturated/α-hetero) is 1. The Morgan fingerprint density at radius 3 is 2.84 bits per heavy atom. The minimum absolute atomic E-state index is 0.0660. The minimum atomic E-state index is -0.735. The van der Waals surface area contributed by atoms with Crippen LogP contribution in [0.3, 0.4) is 0 Å². The van der Waals surface area contributed by atoms with Crippen LogP contribution in [-0.4, -0.2) is 55.6 Å². The van der Waals surface area contributed by atoms with E-state index < -0.39 is 23.9 Å². The van der Waals surface area contributed by atoms with Crippen molar-refractivity contribution in [2.45, 2.75) is 77.0 Å². The third-order valence-corrected chi connectivity index (χ3v) is 10.1. The Morgan fingerprint density at radius 1 is 1.20 bits per heavy atom. The summed E-state index contributed by atoms with van der Waals surface area (Å²) in [5.41, 5.74) is 3.50. The second-order valence-corrected chi connectivity index (χ2v) is 12.8. The number of aryl methyl sites for hydroxylation is 1. The fourth-order valence-electron chi connectivity index (χ4n) is 6.50. The predicted molar refractivity (Wildman–Crippen MR) is 166 cm³/mol. The Morgan fingerprint density at radius 2 is 2.05 bits per heavy atom. The summed E-state index contributed by atoms with van der Waals surface area (Å²) in [7, 11) is 0. The van der Waals surface area contributed by atoms with E-state index >= 15 is 0 Å².